The van der Waals surface area contributed by atoms with E-state index in [1.807, 2.05) is 51.0 Å². The van der Waals surface area contributed by atoms with E-state index in [4.69, 9.17) is 15.1 Å². The van der Waals surface area contributed by atoms with E-state index in [-0.39, 0.29) is 6.10 Å². The predicted octanol–water partition coefficient (Wildman–Crippen LogP) is 4.49. The third kappa shape index (κ3) is 3.42. The Balaban J connectivity index is 2.08. The molecule has 1 atom stereocenters. The van der Waals surface area contributed by atoms with Crippen molar-refractivity contribution in [2.24, 2.45) is 4.99 Å². The van der Waals surface area contributed by atoms with Gasteiger partial charge in [0, 0.05) is 19.7 Å². The summed E-state index contributed by atoms with van der Waals surface area (Å²) in [7, 11) is 3.79. The molecule has 1 heterocycles. The summed E-state index contributed by atoms with van der Waals surface area (Å²) in [5.74, 6) is 0.507. The second kappa shape index (κ2) is 6.69. The summed E-state index contributed by atoms with van der Waals surface area (Å²) in [6.45, 7) is 8.17. The van der Waals surface area contributed by atoms with E-state index >= 15 is 0 Å². The minimum Gasteiger partial charge on any atom is -0.363 e. The average molecular weight is 349 g/mol. The maximum atomic E-state index is 8.27. The quantitative estimate of drug-likeness (QED) is 0.656. The van der Waals surface area contributed by atoms with Gasteiger partial charge in [-0.1, -0.05) is 30.3 Å². The van der Waals surface area contributed by atoms with Gasteiger partial charge in [-0.2, -0.15) is 0 Å². The molecule has 136 valence electrons. The first kappa shape index (κ1) is 18.3. The van der Waals surface area contributed by atoms with Crippen LogP contribution in [0, 0.1) is 19.3 Å². The Morgan fingerprint density at radius 1 is 1.08 bits per heavy atom. The molecular formula is C22H27N3O. The third-order valence-corrected chi connectivity index (χ3v) is 4.69. The Bertz CT molecular complexity index is 843. The number of aryl methyl sites for hydroxylation is 2. The lowest BCUT2D eigenvalue weighted by molar-refractivity contribution is -0.0164. The molecule has 0 saturated heterocycles. The van der Waals surface area contributed by atoms with E-state index in [9.17, 15) is 0 Å². The van der Waals surface area contributed by atoms with Crippen LogP contribution in [0.4, 0.5) is 0 Å². The topological polar surface area (TPSA) is 48.7 Å². The molecular weight excluding hydrogens is 322 g/mol. The molecule has 0 fully saturated rings. The van der Waals surface area contributed by atoms with Gasteiger partial charge in [-0.15, -0.1) is 0 Å². The van der Waals surface area contributed by atoms with E-state index in [0.29, 0.717) is 5.84 Å². The highest BCUT2D eigenvalue weighted by atomic mass is 16.5. The number of nitrogens with one attached hydrogen (secondary N) is 1. The molecule has 1 aliphatic rings. The highest BCUT2D eigenvalue weighted by molar-refractivity contribution is 6.06. The van der Waals surface area contributed by atoms with Crippen molar-refractivity contribution in [2.75, 3.05) is 14.1 Å². The summed E-state index contributed by atoms with van der Waals surface area (Å²) >= 11 is 0. The van der Waals surface area contributed by atoms with Gasteiger partial charge in [0.15, 0.2) is 5.72 Å². The Hall–Kier alpha value is -2.46. The normalized spacial score (nSPS) is 18.5. The van der Waals surface area contributed by atoms with Gasteiger partial charge in [0.1, 0.15) is 11.9 Å². The zero-order valence-electron chi connectivity index (χ0n) is 16.4. The van der Waals surface area contributed by atoms with E-state index in [0.717, 1.165) is 33.5 Å². The third-order valence-electron chi connectivity index (χ3n) is 4.69. The van der Waals surface area contributed by atoms with E-state index in [1.54, 1.807) is 0 Å². The molecule has 26 heavy (non-hydrogen) atoms. The largest absolute Gasteiger partial charge is 0.363 e. The zero-order chi connectivity index (χ0) is 19.1. The van der Waals surface area contributed by atoms with Crippen LogP contribution in [0.3, 0.4) is 0 Å². The summed E-state index contributed by atoms with van der Waals surface area (Å²) in [5.41, 5.74) is 5.82. The molecule has 0 bridgehead atoms. The van der Waals surface area contributed by atoms with Crippen LogP contribution < -0.4 is 0 Å². The van der Waals surface area contributed by atoms with Crippen molar-refractivity contribution in [3.05, 3.63) is 70.3 Å². The fourth-order valence-electron chi connectivity index (χ4n) is 3.52. The minimum atomic E-state index is -0.552. The van der Waals surface area contributed by atoms with Gasteiger partial charge in [0.25, 0.3) is 0 Å². The summed E-state index contributed by atoms with van der Waals surface area (Å²) in [4.78, 5) is 6.68. The Kier molecular flexibility index (Phi) is 4.72. The van der Waals surface area contributed by atoms with Crippen LogP contribution in [0.25, 0.3) is 0 Å². The molecule has 4 nitrogen and oxygen atoms in total. The molecule has 0 spiro atoms. The number of nitrogens with zero attached hydrogens (tertiary/aromatic N) is 2. The van der Waals surface area contributed by atoms with Crippen molar-refractivity contribution in [1.82, 2.24) is 4.90 Å². The molecule has 2 aromatic carbocycles. The minimum absolute atomic E-state index is 0.199. The van der Waals surface area contributed by atoms with Gasteiger partial charge < -0.3 is 9.64 Å². The highest BCUT2D eigenvalue weighted by Gasteiger charge is 2.37. The van der Waals surface area contributed by atoms with E-state index in [1.165, 1.54) is 0 Å². The van der Waals surface area contributed by atoms with Gasteiger partial charge in [-0.05, 0) is 62.1 Å². The van der Waals surface area contributed by atoms with Crippen molar-refractivity contribution in [2.45, 2.75) is 39.5 Å². The van der Waals surface area contributed by atoms with Gasteiger partial charge >= 0.3 is 0 Å². The average Bonchev–Trinajstić information content (AvgIpc) is 2.89. The van der Waals surface area contributed by atoms with Crippen LogP contribution in [-0.4, -0.2) is 36.3 Å². The maximum absolute atomic E-state index is 8.27. The second-order valence-corrected chi connectivity index (χ2v) is 7.57. The summed E-state index contributed by atoms with van der Waals surface area (Å²) < 4.78 is 6.34. The fourth-order valence-corrected chi connectivity index (χ4v) is 3.52. The molecule has 0 aromatic heterocycles. The Morgan fingerprint density at radius 3 is 2.19 bits per heavy atom. The van der Waals surface area contributed by atoms with Gasteiger partial charge in [0.2, 0.25) is 0 Å². The van der Waals surface area contributed by atoms with Crippen LogP contribution in [-0.2, 0) is 4.74 Å². The first-order valence-electron chi connectivity index (χ1n) is 8.90. The molecule has 0 saturated carbocycles. The second-order valence-electron chi connectivity index (χ2n) is 7.57. The van der Waals surface area contributed by atoms with Crippen LogP contribution in [0.15, 0.2) is 47.5 Å². The first-order valence-corrected chi connectivity index (χ1v) is 8.90. The number of hydrogen-bond acceptors (Lipinski definition) is 3. The predicted molar refractivity (Wildman–Crippen MR) is 107 cm³/mol. The first-order chi connectivity index (χ1) is 12.2. The van der Waals surface area contributed by atoms with Crippen LogP contribution in [0.5, 0.6) is 0 Å². The van der Waals surface area contributed by atoms with E-state index < -0.39 is 5.72 Å². The number of benzene rings is 2. The van der Waals surface area contributed by atoms with Crippen molar-refractivity contribution in [1.29, 1.82) is 5.41 Å². The maximum Gasteiger partial charge on any atom is 0.155 e. The van der Waals surface area contributed by atoms with Gasteiger partial charge in [-0.3, -0.25) is 10.4 Å². The van der Waals surface area contributed by atoms with Crippen LogP contribution in [0.2, 0.25) is 0 Å². The molecule has 1 N–H and O–H groups in total. The number of hydrogen-bond donors (Lipinski definition) is 1. The monoisotopic (exact) mass is 349 g/mol. The lowest BCUT2D eigenvalue weighted by Crippen LogP contribution is -2.23. The Labute approximate surface area is 156 Å². The van der Waals surface area contributed by atoms with Crippen molar-refractivity contribution in [3.8, 4) is 0 Å². The van der Waals surface area contributed by atoms with Gasteiger partial charge in [-0.25, -0.2) is 0 Å². The standard InChI is InChI=1S/C22H27N3O/c1-14-12-17(21(23)25(5)6)13-15(2)18(14)20-19(24-22(3,4)26-20)16-10-8-7-9-11-16/h7-13,20,23H,1-6H3. The molecule has 1 unspecified atom stereocenters. The number of ether oxygens (including phenoxy) is 1. The molecule has 2 aromatic rings. The summed E-state index contributed by atoms with van der Waals surface area (Å²) in [5, 5.41) is 8.27. The Morgan fingerprint density at radius 2 is 1.65 bits per heavy atom. The zero-order valence-corrected chi connectivity index (χ0v) is 16.4. The molecule has 4 heteroatoms. The van der Waals surface area contributed by atoms with Crippen LogP contribution in [0.1, 0.15) is 47.8 Å². The smallest absolute Gasteiger partial charge is 0.155 e. The molecule has 1 aliphatic heterocycles. The van der Waals surface area contributed by atoms with Crippen molar-refractivity contribution in [3.63, 3.8) is 0 Å². The van der Waals surface area contributed by atoms with Crippen LogP contribution >= 0.6 is 0 Å². The van der Waals surface area contributed by atoms with Gasteiger partial charge in [0.05, 0.1) is 5.71 Å². The SMILES string of the molecule is Cc1cc(C(=N)N(C)C)cc(C)c1C1OC(C)(C)N=C1c1ccccc1. The lowest BCUT2D eigenvalue weighted by Gasteiger charge is -2.23. The van der Waals surface area contributed by atoms with E-state index in [2.05, 4.69) is 38.1 Å². The fraction of sp³-hybridized carbons (Fsp3) is 0.364. The lowest BCUT2D eigenvalue weighted by atomic mass is 9.90. The highest BCUT2D eigenvalue weighted by Crippen LogP contribution is 2.39. The summed E-state index contributed by atoms with van der Waals surface area (Å²) in [6.07, 6.45) is -0.199. The number of aliphatic imine (C=N–C) groups is 1. The molecule has 0 amide bonds. The molecule has 0 radical (unpaired) electrons. The summed E-state index contributed by atoms with van der Waals surface area (Å²) in [6, 6.07) is 14.4. The van der Waals surface area contributed by atoms with Crippen molar-refractivity contribution >= 4 is 11.5 Å². The number of amidine groups is 1. The molecule has 0 aliphatic carbocycles. The number of rotatable bonds is 3. The van der Waals surface area contributed by atoms with Crippen molar-refractivity contribution < 1.29 is 4.74 Å². The molecule has 3 rings (SSSR count).